The lowest BCUT2D eigenvalue weighted by Crippen LogP contribution is -2.24. The number of aromatic amines is 1. The van der Waals surface area contributed by atoms with Gasteiger partial charge >= 0.3 is 0 Å². The molecule has 2 rings (SSSR count). The molecule has 0 unspecified atom stereocenters. The summed E-state index contributed by atoms with van der Waals surface area (Å²) in [6, 6.07) is 0. The van der Waals surface area contributed by atoms with E-state index in [0.29, 0.717) is 18.7 Å². The lowest BCUT2D eigenvalue weighted by molar-refractivity contribution is -0.118. The molecule has 9 heteroatoms. The standard InChI is InChI=1S/C14H16N4O4S/c1-7(19)16-4-3-5-23-9-6-8(20)11-10(13(9)21)12(18-17-11)14(22)15-2/h6H,3-5H2,1-2H3,(H,15,22)(H,16,19)(H,17,18). The first kappa shape index (κ1) is 16.9. The molecule has 0 saturated carbocycles. The average molecular weight is 336 g/mol. The van der Waals surface area contributed by atoms with E-state index in [4.69, 9.17) is 0 Å². The number of Topliss-reactive ketones (excluding diaryl/α,β-unsaturated/α-hetero) is 1. The molecule has 23 heavy (non-hydrogen) atoms. The van der Waals surface area contributed by atoms with Gasteiger partial charge in [0, 0.05) is 26.6 Å². The Bertz CT molecular complexity index is 708. The number of thioether (sulfide) groups is 1. The van der Waals surface area contributed by atoms with E-state index in [9.17, 15) is 19.2 Å². The lowest BCUT2D eigenvalue weighted by atomic mass is 9.99. The number of nitrogens with one attached hydrogen (secondary N) is 3. The minimum absolute atomic E-state index is 0.00898. The van der Waals surface area contributed by atoms with Crippen molar-refractivity contribution < 1.29 is 19.2 Å². The third-order valence-electron chi connectivity index (χ3n) is 3.12. The zero-order chi connectivity index (χ0) is 17.0. The Morgan fingerprint density at radius 1 is 1.35 bits per heavy atom. The number of carbonyl (C=O) groups is 4. The predicted molar refractivity (Wildman–Crippen MR) is 84.5 cm³/mol. The Kier molecular flexibility index (Phi) is 5.32. The van der Waals surface area contributed by atoms with E-state index in [1.165, 1.54) is 31.8 Å². The number of ketones is 2. The monoisotopic (exact) mass is 336 g/mol. The second-order valence-corrected chi connectivity index (χ2v) is 5.93. The van der Waals surface area contributed by atoms with Crippen LogP contribution in [0.5, 0.6) is 0 Å². The molecule has 1 aromatic heterocycles. The largest absolute Gasteiger partial charge is 0.356 e. The maximum absolute atomic E-state index is 12.5. The van der Waals surface area contributed by atoms with Crippen molar-refractivity contribution in [2.45, 2.75) is 13.3 Å². The number of aromatic nitrogens is 2. The summed E-state index contributed by atoms with van der Waals surface area (Å²) in [4.78, 5) is 47.3. The molecule has 1 aliphatic rings. The van der Waals surface area contributed by atoms with Crippen molar-refractivity contribution in [2.24, 2.45) is 0 Å². The van der Waals surface area contributed by atoms with Gasteiger partial charge in [-0.25, -0.2) is 0 Å². The molecule has 122 valence electrons. The lowest BCUT2D eigenvalue weighted by Gasteiger charge is -2.11. The number of carbonyl (C=O) groups excluding carboxylic acids is 4. The molecule has 0 atom stereocenters. The van der Waals surface area contributed by atoms with Gasteiger partial charge in [0.2, 0.25) is 17.5 Å². The third kappa shape index (κ3) is 3.67. The summed E-state index contributed by atoms with van der Waals surface area (Å²) in [5, 5.41) is 11.3. The van der Waals surface area contributed by atoms with Crippen molar-refractivity contribution in [1.29, 1.82) is 0 Å². The van der Waals surface area contributed by atoms with Crippen molar-refractivity contribution in [3.63, 3.8) is 0 Å². The number of allylic oxidation sites excluding steroid dienone is 2. The third-order valence-corrected chi connectivity index (χ3v) is 4.23. The Balaban J connectivity index is 2.09. The molecule has 0 radical (unpaired) electrons. The number of rotatable bonds is 6. The van der Waals surface area contributed by atoms with Gasteiger partial charge in [0.15, 0.2) is 0 Å². The van der Waals surface area contributed by atoms with Gasteiger partial charge in [0.05, 0.1) is 10.5 Å². The van der Waals surface area contributed by atoms with Crippen molar-refractivity contribution >= 4 is 35.1 Å². The summed E-state index contributed by atoms with van der Waals surface area (Å²) in [5.74, 6) is -0.854. The first-order valence-electron chi connectivity index (χ1n) is 6.94. The molecule has 0 aliphatic heterocycles. The van der Waals surface area contributed by atoms with E-state index in [1.54, 1.807) is 0 Å². The first-order chi connectivity index (χ1) is 11.0. The molecule has 0 spiro atoms. The Hall–Kier alpha value is -2.42. The molecule has 3 N–H and O–H groups in total. The topological polar surface area (TPSA) is 121 Å². The van der Waals surface area contributed by atoms with Crippen LogP contribution < -0.4 is 10.6 Å². The molecule has 2 amide bonds. The quantitative estimate of drug-likeness (QED) is 0.642. The molecule has 1 heterocycles. The van der Waals surface area contributed by atoms with Crippen molar-refractivity contribution in [1.82, 2.24) is 20.8 Å². The Morgan fingerprint density at radius 3 is 2.74 bits per heavy atom. The predicted octanol–water partition coefficient (Wildman–Crippen LogP) is 0.292. The number of nitrogens with zero attached hydrogens (tertiary/aromatic N) is 1. The molecule has 0 fully saturated rings. The summed E-state index contributed by atoms with van der Waals surface area (Å²) >= 11 is 1.22. The minimum atomic E-state index is -0.503. The number of H-pyrrole nitrogens is 1. The SMILES string of the molecule is CNC(=O)c1[nH]nc2c1C(=O)C(SCCCNC(C)=O)=CC2=O. The zero-order valence-corrected chi connectivity index (χ0v) is 13.5. The maximum atomic E-state index is 12.5. The Labute approximate surface area is 136 Å². The van der Waals surface area contributed by atoms with Crippen molar-refractivity contribution in [3.8, 4) is 0 Å². The van der Waals surface area contributed by atoms with Crippen molar-refractivity contribution in [3.05, 3.63) is 27.9 Å². The second-order valence-electron chi connectivity index (χ2n) is 4.79. The van der Waals surface area contributed by atoms with Crippen LogP contribution in [-0.2, 0) is 4.79 Å². The molecule has 0 bridgehead atoms. The molecule has 0 aromatic carbocycles. The molecular formula is C14H16N4O4S. The highest BCUT2D eigenvalue weighted by Gasteiger charge is 2.33. The first-order valence-corrected chi connectivity index (χ1v) is 7.92. The van der Waals surface area contributed by atoms with Gasteiger partial charge in [0.1, 0.15) is 11.4 Å². The number of amides is 2. The van der Waals surface area contributed by atoms with E-state index >= 15 is 0 Å². The van der Waals surface area contributed by atoms with Crippen LogP contribution in [0.2, 0.25) is 0 Å². The van der Waals surface area contributed by atoms with E-state index in [1.807, 2.05) is 0 Å². The van der Waals surface area contributed by atoms with Gasteiger partial charge in [-0.1, -0.05) is 0 Å². The molecule has 8 nitrogen and oxygen atoms in total. The molecule has 1 aliphatic carbocycles. The maximum Gasteiger partial charge on any atom is 0.269 e. The van der Waals surface area contributed by atoms with Crippen LogP contribution in [0.25, 0.3) is 0 Å². The number of hydrogen-bond donors (Lipinski definition) is 3. The van der Waals surface area contributed by atoms with Crippen LogP contribution in [0.4, 0.5) is 0 Å². The highest BCUT2D eigenvalue weighted by molar-refractivity contribution is 8.04. The van der Waals surface area contributed by atoms with Crippen LogP contribution in [-0.4, -0.2) is 52.9 Å². The van der Waals surface area contributed by atoms with Crippen molar-refractivity contribution in [2.75, 3.05) is 19.3 Å². The van der Waals surface area contributed by atoms with Crippen LogP contribution in [0.15, 0.2) is 11.0 Å². The van der Waals surface area contributed by atoms with Crippen LogP contribution in [0.1, 0.15) is 44.7 Å². The second kappa shape index (κ2) is 7.23. The molecule has 1 aromatic rings. The fourth-order valence-electron chi connectivity index (χ4n) is 2.03. The fraction of sp³-hybridized carbons (Fsp3) is 0.357. The van der Waals surface area contributed by atoms with Crippen LogP contribution in [0.3, 0.4) is 0 Å². The number of hydrogen-bond acceptors (Lipinski definition) is 6. The van der Waals surface area contributed by atoms with Gasteiger partial charge in [-0.05, 0) is 12.2 Å². The van der Waals surface area contributed by atoms with Gasteiger partial charge in [-0.15, -0.1) is 11.8 Å². The molecule has 0 saturated heterocycles. The summed E-state index contributed by atoms with van der Waals surface area (Å²) in [6.45, 7) is 1.93. The van der Waals surface area contributed by atoms with E-state index in [2.05, 4.69) is 20.8 Å². The summed E-state index contributed by atoms with van der Waals surface area (Å²) in [6.07, 6.45) is 1.89. The summed E-state index contributed by atoms with van der Waals surface area (Å²) < 4.78 is 0. The normalized spacial score (nSPS) is 13.4. The average Bonchev–Trinajstić information content (AvgIpc) is 2.96. The van der Waals surface area contributed by atoms with Gasteiger partial charge in [-0.3, -0.25) is 24.3 Å². The van der Waals surface area contributed by atoms with E-state index in [0.717, 1.165) is 0 Å². The summed E-state index contributed by atoms with van der Waals surface area (Å²) in [7, 11) is 1.43. The van der Waals surface area contributed by atoms with Gasteiger partial charge in [-0.2, -0.15) is 5.10 Å². The highest BCUT2D eigenvalue weighted by Crippen LogP contribution is 2.29. The van der Waals surface area contributed by atoms with E-state index in [-0.39, 0.29) is 27.8 Å². The number of fused-ring (bicyclic) bond motifs is 1. The van der Waals surface area contributed by atoms with Gasteiger partial charge in [0.25, 0.3) is 5.91 Å². The van der Waals surface area contributed by atoms with E-state index < -0.39 is 17.5 Å². The zero-order valence-electron chi connectivity index (χ0n) is 12.7. The summed E-state index contributed by atoms with van der Waals surface area (Å²) in [5.41, 5.74) is -0.0253. The smallest absolute Gasteiger partial charge is 0.269 e. The Morgan fingerprint density at radius 2 is 2.09 bits per heavy atom. The highest BCUT2D eigenvalue weighted by atomic mass is 32.2. The minimum Gasteiger partial charge on any atom is -0.356 e. The van der Waals surface area contributed by atoms with Gasteiger partial charge < -0.3 is 10.6 Å². The molecular weight excluding hydrogens is 320 g/mol. The van der Waals surface area contributed by atoms with Crippen LogP contribution in [0, 0.1) is 0 Å². The fourth-order valence-corrected chi connectivity index (χ4v) is 2.96. The van der Waals surface area contributed by atoms with Crippen LogP contribution >= 0.6 is 11.8 Å².